The van der Waals surface area contributed by atoms with E-state index in [0.29, 0.717) is 49.7 Å². The molecule has 2 aromatic rings. The highest BCUT2D eigenvalue weighted by Crippen LogP contribution is 2.27. The average Bonchev–Trinajstić information content (AvgIpc) is 3.13. The third kappa shape index (κ3) is 4.17. The minimum absolute atomic E-state index is 0.0310. The van der Waals surface area contributed by atoms with Crippen molar-refractivity contribution >= 4 is 46.7 Å². The van der Waals surface area contributed by atoms with Crippen molar-refractivity contribution < 1.29 is 9.59 Å². The van der Waals surface area contributed by atoms with E-state index in [1.54, 1.807) is 24.3 Å². The van der Waals surface area contributed by atoms with Crippen LogP contribution in [0, 0.1) is 0 Å². The number of rotatable bonds is 2. The van der Waals surface area contributed by atoms with Crippen LogP contribution in [0.5, 0.6) is 0 Å². The summed E-state index contributed by atoms with van der Waals surface area (Å²) in [6, 6.07) is 6.88. The Labute approximate surface area is 183 Å². The molecule has 8 N–H and O–H groups in total. The lowest BCUT2D eigenvalue weighted by Gasteiger charge is -2.39. The van der Waals surface area contributed by atoms with E-state index in [-0.39, 0.29) is 33.9 Å². The molecule has 4 rings (SSSR count). The van der Waals surface area contributed by atoms with Crippen LogP contribution in [0.1, 0.15) is 33.7 Å². The zero-order valence-corrected chi connectivity index (χ0v) is 17.3. The Morgan fingerprint density at radius 3 is 2.42 bits per heavy atom. The van der Waals surface area contributed by atoms with Crippen LogP contribution < -0.4 is 27.8 Å². The van der Waals surface area contributed by atoms with Gasteiger partial charge < -0.3 is 27.4 Å². The van der Waals surface area contributed by atoms with Gasteiger partial charge in [0.25, 0.3) is 11.8 Å². The van der Waals surface area contributed by atoms with E-state index in [1.807, 2.05) is 4.90 Å². The average molecular weight is 444 g/mol. The molecule has 162 valence electrons. The van der Waals surface area contributed by atoms with Gasteiger partial charge in [0.15, 0.2) is 28.4 Å². The number of nitrogens with zero attached hydrogens (tertiary/aromatic N) is 4. The summed E-state index contributed by atoms with van der Waals surface area (Å²) in [5.74, 6) is -0.478. The molecule has 1 spiro atoms. The summed E-state index contributed by atoms with van der Waals surface area (Å²) in [7, 11) is 0. The first-order chi connectivity index (χ1) is 14.8. The van der Waals surface area contributed by atoms with Crippen LogP contribution in [0.2, 0.25) is 5.15 Å². The first-order valence-electron chi connectivity index (χ1n) is 9.64. The fraction of sp³-hybridized carbons (Fsp3) is 0.316. The Hall–Kier alpha value is -3.60. The molecule has 0 bridgehead atoms. The van der Waals surface area contributed by atoms with Crippen LogP contribution in [0.4, 0.5) is 17.3 Å². The van der Waals surface area contributed by atoms with Crippen LogP contribution >= 0.6 is 11.6 Å². The maximum Gasteiger partial charge on any atom is 0.280 e. The lowest BCUT2D eigenvalue weighted by atomic mass is 9.88. The zero-order valence-electron chi connectivity index (χ0n) is 16.6. The molecule has 0 radical (unpaired) electrons. The van der Waals surface area contributed by atoms with Gasteiger partial charge in [0.05, 0.1) is 12.1 Å². The number of nitrogens with one attached hydrogen (secondary N) is 2. The number of halogens is 1. The highest BCUT2D eigenvalue weighted by Gasteiger charge is 2.40. The van der Waals surface area contributed by atoms with Crippen molar-refractivity contribution in [3.63, 3.8) is 0 Å². The second-order valence-electron chi connectivity index (χ2n) is 7.57. The van der Waals surface area contributed by atoms with Crippen LogP contribution in [-0.2, 0) is 0 Å². The van der Waals surface area contributed by atoms with E-state index in [9.17, 15) is 9.59 Å². The number of nitrogen functional groups attached to an aromatic ring is 3. The van der Waals surface area contributed by atoms with E-state index >= 15 is 0 Å². The summed E-state index contributed by atoms with van der Waals surface area (Å²) in [6.07, 6.45) is 1.37. The summed E-state index contributed by atoms with van der Waals surface area (Å²) in [5, 5.41) is 5.82. The fourth-order valence-electron chi connectivity index (χ4n) is 3.64. The number of likely N-dealkylation sites (tertiary alicyclic amines) is 1. The first-order valence-corrected chi connectivity index (χ1v) is 10.0. The number of piperidine rings is 1. The Morgan fingerprint density at radius 1 is 1.06 bits per heavy atom. The number of benzene rings is 1. The molecule has 0 saturated carbocycles. The number of carbonyl (C=O) groups is 2. The predicted octanol–water partition coefficient (Wildman–Crippen LogP) is 0.241. The summed E-state index contributed by atoms with van der Waals surface area (Å²) < 4.78 is 0. The lowest BCUT2D eigenvalue weighted by Crippen LogP contribution is -2.57. The Balaban J connectivity index is 1.35. The monoisotopic (exact) mass is 443 g/mol. The van der Waals surface area contributed by atoms with Crippen molar-refractivity contribution in [2.24, 2.45) is 4.99 Å². The van der Waals surface area contributed by atoms with Gasteiger partial charge in [-0.25, -0.2) is 9.97 Å². The highest BCUT2D eigenvalue weighted by atomic mass is 35.5. The summed E-state index contributed by atoms with van der Waals surface area (Å²) in [6.45, 7) is 1.62. The molecule has 11 nitrogen and oxygen atoms in total. The van der Waals surface area contributed by atoms with Gasteiger partial charge in [-0.2, -0.15) is 0 Å². The molecule has 2 aliphatic rings. The Kier molecular flexibility index (Phi) is 5.27. The van der Waals surface area contributed by atoms with Gasteiger partial charge in [0.2, 0.25) is 0 Å². The fourth-order valence-corrected chi connectivity index (χ4v) is 3.76. The number of hydrogen-bond acceptors (Lipinski definition) is 9. The first kappa shape index (κ1) is 20.7. The largest absolute Gasteiger partial charge is 0.399 e. The van der Waals surface area contributed by atoms with Crippen LogP contribution in [-0.4, -0.2) is 57.8 Å². The number of anilines is 3. The molecule has 0 aliphatic carbocycles. The number of aromatic nitrogens is 2. The van der Waals surface area contributed by atoms with Gasteiger partial charge >= 0.3 is 0 Å². The number of guanidine groups is 1. The van der Waals surface area contributed by atoms with Gasteiger partial charge in [-0.05, 0) is 37.1 Å². The van der Waals surface area contributed by atoms with E-state index < -0.39 is 5.91 Å². The zero-order chi connectivity index (χ0) is 22.2. The van der Waals surface area contributed by atoms with Gasteiger partial charge in [0.1, 0.15) is 0 Å². The van der Waals surface area contributed by atoms with E-state index in [1.165, 1.54) is 0 Å². The molecule has 0 atom stereocenters. The second-order valence-corrected chi connectivity index (χ2v) is 7.93. The normalized spacial score (nSPS) is 17.2. The maximum atomic E-state index is 12.7. The van der Waals surface area contributed by atoms with Gasteiger partial charge in [0, 0.05) is 24.3 Å². The SMILES string of the molecule is Nc1ccc(C(=O)N2CCC3(CC2)CN=C(NC(=O)c2nc(Cl)c(N)nc2N)N3)cc1. The number of nitrogens with two attached hydrogens (primary N) is 3. The molecule has 1 aromatic heterocycles. The third-order valence-corrected chi connectivity index (χ3v) is 5.72. The van der Waals surface area contributed by atoms with Crippen LogP contribution in [0.3, 0.4) is 0 Å². The van der Waals surface area contributed by atoms with Crippen molar-refractivity contribution in [2.75, 3.05) is 36.8 Å². The predicted molar refractivity (Wildman–Crippen MR) is 117 cm³/mol. The number of aliphatic imine (C=N–C) groups is 1. The molecular weight excluding hydrogens is 422 g/mol. The molecule has 12 heteroatoms. The summed E-state index contributed by atoms with van der Waals surface area (Å²) in [4.78, 5) is 39.1. The smallest absolute Gasteiger partial charge is 0.280 e. The van der Waals surface area contributed by atoms with Crippen molar-refractivity contribution in [3.8, 4) is 0 Å². The summed E-state index contributed by atoms with van der Waals surface area (Å²) in [5.41, 5.74) is 17.7. The van der Waals surface area contributed by atoms with E-state index in [0.717, 1.165) is 0 Å². The second kappa shape index (κ2) is 7.91. The minimum atomic E-state index is -0.592. The molecule has 1 saturated heterocycles. The van der Waals surface area contributed by atoms with Crippen molar-refractivity contribution in [1.82, 2.24) is 25.5 Å². The van der Waals surface area contributed by atoms with Gasteiger partial charge in [-0.15, -0.1) is 0 Å². The molecule has 31 heavy (non-hydrogen) atoms. The molecule has 2 amide bonds. The molecular formula is C19H22ClN9O2. The number of hydrogen-bond donors (Lipinski definition) is 5. The Morgan fingerprint density at radius 2 is 1.74 bits per heavy atom. The standard InChI is InChI=1S/C19H22ClN9O2/c20-13-15(23)26-14(22)12(25-13)16(30)27-18-24-9-19(28-18)5-7-29(8-6-19)17(31)10-1-3-11(21)4-2-10/h1-4H,5-9,21H2,(H4,22,23,26)(H2,24,27,28,30). The summed E-state index contributed by atoms with van der Waals surface area (Å²) >= 11 is 5.84. The van der Waals surface area contributed by atoms with Crippen molar-refractivity contribution in [3.05, 3.63) is 40.7 Å². The van der Waals surface area contributed by atoms with E-state index in [4.69, 9.17) is 28.8 Å². The third-order valence-electron chi connectivity index (χ3n) is 5.44. The molecule has 1 aromatic carbocycles. The Bertz CT molecular complexity index is 1060. The lowest BCUT2D eigenvalue weighted by molar-refractivity contribution is 0.0668. The van der Waals surface area contributed by atoms with Gasteiger partial charge in [-0.1, -0.05) is 11.6 Å². The number of amides is 2. The molecule has 3 heterocycles. The highest BCUT2D eigenvalue weighted by molar-refractivity contribution is 6.31. The molecule has 0 unspecified atom stereocenters. The molecule has 2 aliphatic heterocycles. The topological polar surface area (TPSA) is 178 Å². The van der Waals surface area contributed by atoms with E-state index in [2.05, 4.69) is 25.6 Å². The minimum Gasteiger partial charge on any atom is -0.399 e. The quantitative estimate of drug-likeness (QED) is 0.409. The van der Waals surface area contributed by atoms with Crippen molar-refractivity contribution in [2.45, 2.75) is 18.4 Å². The maximum absolute atomic E-state index is 12.7. The van der Waals surface area contributed by atoms with Crippen LogP contribution in [0.25, 0.3) is 0 Å². The van der Waals surface area contributed by atoms with Crippen molar-refractivity contribution in [1.29, 1.82) is 0 Å². The number of carbonyl (C=O) groups excluding carboxylic acids is 2. The molecule has 1 fully saturated rings. The van der Waals surface area contributed by atoms with Crippen LogP contribution in [0.15, 0.2) is 29.3 Å². The van der Waals surface area contributed by atoms with Gasteiger partial charge in [-0.3, -0.25) is 19.9 Å².